The van der Waals surface area contributed by atoms with Gasteiger partial charge in [0.05, 0.1) is 0 Å². The first kappa shape index (κ1) is 48.1. The molecule has 0 heterocycles. The predicted molar refractivity (Wildman–Crippen MR) is 206 cm³/mol. The van der Waals surface area contributed by atoms with Crippen molar-refractivity contribution in [1.82, 2.24) is 0 Å². The number of carbonyl (C=O) groups is 2. The maximum absolute atomic E-state index is 12.5. The average Bonchev–Trinajstić information content (AvgIpc) is 3.06. The van der Waals surface area contributed by atoms with Gasteiger partial charge in [0.1, 0.15) is 12.7 Å². The number of unbranched alkanes of at least 4 members (excludes halogenated alkanes) is 28. The zero-order chi connectivity index (χ0) is 36.1. The van der Waals surface area contributed by atoms with Crippen molar-refractivity contribution >= 4 is 19.5 Å². The van der Waals surface area contributed by atoms with Gasteiger partial charge in [-0.1, -0.05) is 194 Å². The number of ether oxygens (including phenoxy) is 2. The van der Waals surface area contributed by atoms with Crippen LogP contribution in [0.25, 0.3) is 0 Å². The van der Waals surface area contributed by atoms with E-state index < -0.39 is 13.7 Å². The molecule has 0 aromatic carbocycles. The third-order valence-electron chi connectivity index (χ3n) is 9.67. The molecular formula is C41H81O7P. The molecule has 0 aliphatic heterocycles. The third-order valence-corrected chi connectivity index (χ3v) is 10.6. The lowest BCUT2D eigenvalue weighted by atomic mass is 10.0. The van der Waals surface area contributed by atoms with Crippen LogP contribution < -0.4 is 0 Å². The van der Waals surface area contributed by atoms with Crippen LogP contribution >= 0.6 is 7.60 Å². The minimum Gasteiger partial charge on any atom is -0.462 e. The Morgan fingerprint density at radius 2 is 0.776 bits per heavy atom. The van der Waals surface area contributed by atoms with E-state index in [-0.39, 0.29) is 37.5 Å². The van der Waals surface area contributed by atoms with Crippen LogP contribution in [0.15, 0.2) is 0 Å². The summed E-state index contributed by atoms with van der Waals surface area (Å²) in [6.07, 6.45) is 38.2. The molecule has 0 fully saturated rings. The van der Waals surface area contributed by atoms with Crippen molar-refractivity contribution in [3.63, 3.8) is 0 Å². The third kappa shape index (κ3) is 39.7. The van der Waals surface area contributed by atoms with Crippen molar-refractivity contribution in [3.05, 3.63) is 0 Å². The SMILES string of the molecule is CCCCCCCCCCCCCCCCCC(=O)OC[C@H](CCCP(=O)(O)O)OC(=O)CCCCCCCCCCCCCCCCC. The van der Waals surface area contributed by atoms with Crippen molar-refractivity contribution in [2.45, 2.75) is 238 Å². The lowest BCUT2D eigenvalue weighted by Gasteiger charge is -2.18. The van der Waals surface area contributed by atoms with E-state index in [0.29, 0.717) is 12.8 Å². The summed E-state index contributed by atoms with van der Waals surface area (Å²) in [7, 11) is -4.13. The molecule has 0 aliphatic rings. The van der Waals surface area contributed by atoms with E-state index in [0.717, 1.165) is 38.5 Å². The van der Waals surface area contributed by atoms with Gasteiger partial charge in [-0.15, -0.1) is 0 Å². The molecule has 8 heteroatoms. The summed E-state index contributed by atoms with van der Waals surface area (Å²) in [6, 6.07) is 0. The molecule has 7 nitrogen and oxygen atoms in total. The summed E-state index contributed by atoms with van der Waals surface area (Å²) >= 11 is 0. The Labute approximate surface area is 303 Å². The molecule has 0 aliphatic carbocycles. The number of hydrogen-bond acceptors (Lipinski definition) is 5. The molecule has 0 saturated carbocycles. The molecule has 0 saturated heterocycles. The molecule has 1 atom stereocenters. The molecule has 0 amide bonds. The van der Waals surface area contributed by atoms with Crippen molar-refractivity contribution in [1.29, 1.82) is 0 Å². The first-order chi connectivity index (χ1) is 23.8. The Hall–Kier alpha value is -0.910. The van der Waals surface area contributed by atoms with Gasteiger partial charge >= 0.3 is 19.5 Å². The lowest BCUT2D eigenvalue weighted by Crippen LogP contribution is -2.25. The quantitative estimate of drug-likeness (QED) is 0.0370. The summed E-state index contributed by atoms with van der Waals surface area (Å²) in [6.45, 7) is 4.47. The molecule has 0 bridgehead atoms. The van der Waals surface area contributed by atoms with E-state index in [1.54, 1.807) is 0 Å². The molecule has 2 N–H and O–H groups in total. The van der Waals surface area contributed by atoms with E-state index in [9.17, 15) is 23.9 Å². The summed E-state index contributed by atoms with van der Waals surface area (Å²) in [5, 5.41) is 0. The van der Waals surface area contributed by atoms with E-state index in [4.69, 9.17) is 9.47 Å². The molecular weight excluding hydrogens is 635 g/mol. The fourth-order valence-electron chi connectivity index (χ4n) is 6.49. The van der Waals surface area contributed by atoms with Gasteiger partial charge in [0.2, 0.25) is 0 Å². The maximum atomic E-state index is 12.5. The molecule has 0 spiro atoms. The van der Waals surface area contributed by atoms with E-state index >= 15 is 0 Å². The Morgan fingerprint density at radius 1 is 0.469 bits per heavy atom. The van der Waals surface area contributed by atoms with Crippen LogP contribution in [0.2, 0.25) is 0 Å². The normalized spacial score (nSPS) is 12.3. The van der Waals surface area contributed by atoms with Gasteiger partial charge in [-0.25, -0.2) is 0 Å². The Bertz CT molecular complexity index is 769. The molecule has 0 radical (unpaired) electrons. The lowest BCUT2D eigenvalue weighted by molar-refractivity contribution is -0.159. The van der Waals surface area contributed by atoms with Gasteiger partial charge in [-0.2, -0.15) is 0 Å². The predicted octanol–water partition coefficient (Wildman–Crippen LogP) is 12.9. The van der Waals surface area contributed by atoms with Gasteiger partial charge < -0.3 is 19.3 Å². The van der Waals surface area contributed by atoms with Crippen molar-refractivity contribution in [2.24, 2.45) is 0 Å². The highest BCUT2D eigenvalue weighted by atomic mass is 31.2. The second-order valence-corrected chi connectivity index (χ2v) is 16.5. The monoisotopic (exact) mass is 717 g/mol. The average molecular weight is 717 g/mol. The summed E-state index contributed by atoms with van der Waals surface area (Å²) in [5.74, 6) is -0.623. The summed E-state index contributed by atoms with van der Waals surface area (Å²) < 4.78 is 22.3. The van der Waals surface area contributed by atoms with Crippen molar-refractivity contribution < 1.29 is 33.4 Å². The smallest absolute Gasteiger partial charge is 0.325 e. The molecule has 292 valence electrons. The van der Waals surface area contributed by atoms with E-state index in [1.807, 2.05) is 0 Å². The highest BCUT2D eigenvalue weighted by Crippen LogP contribution is 2.35. The van der Waals surface area contributed by atoms with E-state index in [1.165, 1.54) is 154 Å². The van der Waals surface area contributed by atoms with Crippen LogP contribution in [0.4, 0.5) is 0 Å². The maximum Gasteiger partial charge on any atom is 0.325 e. The van der Waals surface area contributed by atoms with Gasteiger partial charge in [0.15, 0.2) is 0 Å². The first-order valence-corrected chi connectivity index (χ1v) is 23.0. The Kier molecular flexibility index (Phi) is 36.2. The number of esters is 2. The molecule has 0 aromatic rings. The fraction of sp³-hybridized carbons (Fsp3) is 0.951. The first-order valence-electron chi connectivity index (χ1n) is 21.2. The zero-order valence-corrected chi connectivity index (χ0v) is 33.3. The van der Waals surface area contributed by atoms with Crippen molar-refractivity contribution in [2.75, 3.05) is 12.8 Å². The number of rotatable bonds is 39. The second kappa shape index (κ2) is 36.9. The zero-order valence-electron chi connectivity index (χ0n) is 32.4. The topological polar surface area (TPSA) is 110 Å². The van der Waals surface area contributed by atoms with Crippen LogP contribution in [0, 0.1) is 0 Å². The fourth-order valence-corrected chi connectivity index (χ4v) is 7.08. The molecule has 49 heavy (non-hydrogen) atoms. The van der Waals surface area contributed by atoms with Gasteiger partial charge in [0, 0.05) is 19.0 Å². The van der Waals surface area contributed by atoms with Crippen LogP contribution in [0.5, 0.6) is 0 Å². The van der Waals surface area contributed by atoms with E-state index in [2.05, 4.69) is 13.8 Å². The van der Waals surface area contributed by atoms with Crippen molar-refractivity contribution in [3.8, 4) is 0 Å². The summed E-state index contributed by atoms with van der Waals surface area (Å²) in [5.41, 5.74) is 0. The Balaban J connectivity index is 3.94. The second-order valence-electron chi connectivity index (χ2n) is 14.7. The summed E-state index contributed by atoms with van der Waals surface area (Å²) in [4.78, 5) is 43.3. The van der Waals surface area contributed by atoms with Gasteiger partial charge in [-0.3, -0.25) is 14.2 Å². The highest BCUT2D eigenvalue weighted by Gasteiger charge is 2.20. The van der Waals surface area contributed by atoms with Crippen LogP contribution in [-0.2, 0) is 23.6 Å². The number of carbonyl (C=O) groups excluding carboxylic acids is 2. The molecule has 0 unspecified atom stereocenters. The standard InChI is InChI=1S/C41H81O7P/c1-3-5-7-9-11-13-15-17-19-21-23-25-27-29-31-35-40(42)47-38-39(34-33-37-49(44,45)46)48-41(43)36-32-30-28-26-24-22-20-18-16-14-12-10-8-6-4-2/h39H,3-38H2,1-2H3,(H2,44,45,46)/t39-/m0/s1. The molecule has 0 aromatic heterocycles. The molecule has 0 rings (SSSR count). The minimum absolute atomic E-state index is 0.0523. The highest BCUT2D eigenvalue weighted by molar-refractivity contribution is 7.51. The van der Waals surface area contributed by atoms with Crippen LogP contribution in [0.3, 0.4) is 0 Å². The van der Waals surface area contributed by atoms with Crippen LogP contribution in [-0.4, -0.2) is 40.6 Å². The Morgan fingerprint density at radius 3 is 1.10 bits per heavy atom. The van der Waals surface area contributed by atoms with Crippen LogP contribution in [0.1, 0.15) is 232 Å². The minimum atomic E-state index is -4.13. The largest absolute Gasteiger partial charge is 0.462 e. The van der Waals surface area contributed by atoms with Gasteiger partial charge in [-0.05, 0) is 25.7 Å². The van der Waals surface area contributed by atoms with Gasteiger partial charge in [0.25, 0.3) is 0 Å². The number of hydrogen-bond donors (Lipinski definition) is 2.